The van der Waals surface area contributed by atoms with Crippen LogP contribution in [-0.4, -0.2) is 15.0 Å². The molecule has 1 saturated carbocycles. The van der Waals surface area contributed by atoms with Gasteiger partial charge in [-0.15, -0.1) is 0 Å². The molecule has 1 aromatic heterocycles. The number of nitrogens with zero attached hydrogens (tertiary/aromatic N) is 3. The summed E-state index contributed by atoms with van der Waals surface area (Å²) in [5, 5.41) is 8.75. The van der Waals surface area contributed by atoms with E-state index in [-0.39, 0.29) is 6.04 Å². The number of hydrogen-bond acceptors (Lipinski definition) is 4. The van der Waals surface area contributed by atoms with Crippen molar-refractivity contribution in [3.63, 3.8) is 0 Å². The average molecular weight is 229 g/mol. The first-order valence-electron chi connectivity index (χ1n) is 5.82. The lowest BCUT2D eigenvalue weighted by Crippen LogP contribution is -2.29. The molecule has 0 spiro atoms. The molecule has 5 nitrogen and oxygen atoms in total. The van der Waals surface area contributed by atoms with Gasteiger partial charge in [-0.05, 0) is 30.9 Å². The van der Waals surface area contributed by atoms with Crippen molar-refractivity contribution in [1.82, 2.24) is 20.4 Å². The minimum absolute atomic E-state index is 0.132. The highest BCUT2D eigenvalue weighted by Gasteiger charge is 2.33. The number of aromatic nitrogens is 3. The molecule has 1 unspecified atom stereocenters. The van der Waals surface area contributed by atoms with Crippen LogP contribution in [0.5, 0.6) is 0 Å². The summed E-state index contributed by atoms with van der Waals surface area (Å²) in [4.78, 5) is 1.64. The quantitative estimate of drug-likeness (QED) is 0.610. The number of hydrogen-bond donors (Lipinski definition) is 2. The first-order valence-corrected chi connectivity index (χ1v) is 5.82. The van der Waals surface area contributed by atoms with Crippen molar-refractivity contribution in [3.8, 4) is 5.69 Å². The second kappa shape index (κ2) is 4.27. The molecule has 1 aromatic carbocycles. The highest BCUT2D eigenvalue weighted by Crippen LogP contribution is 2.39. The number of hydrazine groups is 1. The fourth-order valence-electron chi connectivity index (χ4n) is 2.00. The van der Waals surface area contributed by atoms with E-state index in [0.29, 0.717) is 5.92 Å². The molecule has 1 heterocycles. The van der Waals surface area contributed by atoms with Crippen LogP contribution in [0.15, 0.2) is 36.5 Å². The third-order valence-electron chi connectivity index (χ3n) is 3.09. The van der Waals surface area contributed by atoms with Gasteiger partial charge < -0.3 is 0 Å². The Kier molecular flexibility index (Phi) is 2.62. The highest BCUT2D eigenvalue weighted by atomic mass is 15.5. The van der Waals surface area contributed by atoms with Gasteiger partial charge in [-0.2, -0.15) is 15.0 Å². The van der Waals surface area contributed by atoms with Gasteiger partial charge in [0.05, 0.1) is 17.9 Å². The molecule has 3 rings (SSSR count). The van der Waals surface area contributed by atoms with Crippen LogP contribution in [0.1, 0.15) is 24.6 Å². The molecule has 0 bridgehead atoms. The summed E-state index contributed by atoms with van der Waals surface area (Å²) in [6.07, 6.45) is 4.22. The summed E-state index contributed by atoms with van der Waals surface area (Å²) in [6.45, 7) is 0. The predicted octanol–water partition coefficient (Wildman–Crippen LogP) is 1.18. The fourth-order valence-corrected chi connectivity index (χ4v) is 2.00. The summed E-state index contributed by atoms with van der Waals surface area (Å²) in [5.41, 5.74) is 4.71. The zero-order chi connectivity index (χ0) is 11.7. The minimum atomic E-state index is 0.132. The molecular weight excluding hydrogens is 214 g/mol. The first kappa shape index (κ1) is 10.4. The van der Waals surface area contributed by atoms with Crippen molar-refractivity contribution in [2.45, 2.75) is 18.9 Å². The Morgan fingerprint density at radius 1 is 1.29 bits per heavy atom. The zero-order valence-electron chi connectivity index (χ0n) is 9.45. The number of para-hydroxylation sites is 1. The number of nitrogens with one attached hydrogen (secondary N) is 1. The van der Waals surface area contributed by atoms with Gasteiger partial charge in [0.25, 0.3) is 0 Å². The van der Waals surface area contributed by atoms with Crippen molar-refractivity contribution in [3.05, 3.63) is 42.2 Å². The molecule has 0 saturated heterocycles. The van der Waals surface area contributed by atoms with E-state index < -0.39 is 0 Å². The topological polar surface area (TPSA) is 68.8 Å². The molecule has 1 aliphatic rings. The van der Waals surface area contributed by atoms with Gasteiger partial charge in [-0.1, -0.05) is 18.2 Å². The van der Waals surface area contributed by atoms with Crippen LogP contribution in [0.2, 0.25) is 0 Å². The van der Waals surface area contributed by atoms with Gasteiger partial charge in [0.1, 0.15) is 5.69 Å². The van der Waals surface area contributed by atoms with Crippen LogP contribution >= 0.6 is 0 Å². The Hall–Kier alpha value is -1.72. The van der Waals surface area contributed by atoms with E-state index in [1.807, 2.05) is 30.3 Å². The molecule has 1 fully saturated rings. The van der Waals surface area contributed by atoms with E-state index in [1.54, 1.807) is 11.0 Å². The van der Waals surface area contributed by atoms with Gasteiger partial charge in [0, 0.05) is 0 Å². The smallest absolute Gasteiger partial charge is 0.102 e. The molecule has 88 valence electrons. The van der Waals surface area contributed by atoms with E-state index in [4.69, 9.17) is 5.84 Å². The highest BCUT2D eigenvalue weighted by molar-refractivity contribution is 5.28. The Labute approximate surface area is 99.6 Å². The normalized spacial score (nSPS) is 17.0. The van der Waals surface area contributed by atoms with Crippen LogP contribution in [0.25, 0.3) is 5.69 Å². The predicted molar refractivity (Wildman–Crippen MR) is 64.1 cm³/mol. The molecule has 1 atom stereocenters. The third-order valence-corrected chi connectivity index (χ3v) is 3.09. The molecule has 3 N–H and O–H groups in total. The number of rotatable bonds is 4. The van der Waals surface area contributed by atoms with Crippen molar-refractivity contribution in [1.29, 1.82) is 0 Å². The molecule has 5 heteroatoms. The molecule has 2 aromatic rings. The standard InChI is InChI=1S/C12H15N5/c13-15-12(9-6-7-9)11-8-14-17(16-11)10-4-2-1-3-5-10/h1-5,8-9,12,15H,6-7,13H2. The van der Waals surface area contributed by atoms with Gasteiger partial charge in [-0.25, -0.2) is 0 Å². The van der Waals surface area contributed by atoms with Gasteiger partial charge >= 0.3 is 0 Å². The van der Waals surface area contributed by atoms with Gasteiger partial charge in [0.15, 0.2) is 0 Å². The Morgan fingerprint density at radius 3 is 2.71 bits per heavy atom. The second-order valence-corrected chi connectivity index (χ2v) is 4.38. The first-order chi connectivity index (χ1) is 8.38. The van der Waals surface area contributed by atoms with Crippen molar-refractivity contribution >= 4 is 0 Å². The van der Waals surface area contributed by atoms with E-state index in [1.165, 1.54) is 12.8 Å². The SMILES string of the molecule is NNC(c1cnn(-c2ccccc2)n1)C1CC1. The molecule has 1 aliphatic carbocycles. The summed E-state index contributed by atoms with van der Waals surface area (Å²) < 4.78 is 0. The number of benzene rings is 1. The second-order valence-electron chi connectivity index (χ2n) is 4.38. The van der Waals surface area contributed by atoms with Crippen LogP contribution in [0.3, 0.4) is 0 Å². The lowest BCUT2D eigenvalue weighted by atomic mass is 10.1. The fraction of sp³-hybridized carbons (Fsp3) is 0.333. The van der Waals surface area contributed by atoms with E-state index in [0.717, 1.165) is 11.4 Å². The Balaban J connectivity index is 1.87. The minimum Gasteiger partial charge on any atom is -0.271 e. The van der Waals surface area contributed by atoms with E-state index >= 15 is 0 Å². The lowest BCUT2D eigenvalue weighted by molar-refractivity contribution is 0.481. The van der Waals surface area contributed by atoms with Crippen molar-refractivity contribution in [2.24, 2.45) is 11.8 Å². The van der Waals surface area contributed by atoms with Crippen LogP contribution in [-0.2, 0) is 0 Å². The number of nitrogens with two attached hydrogens (primary N) is 1. The Morgan fingerprint density at radius 2 is 2.06 bits per heavy atom. The van der Waals surface area contributed by atoms with E-state index in [9.17, 15) is 0 Å². The average Bonchev–Trinajstić information content (AvgIpc) is 3.09. The maximum absolute atomic E-state index is 5.57. The summed E-state index contributed by atoms with van der Waals surface area (Å²) in [7, 11) is 0. The van der Waals surface area contributed by atoms with Crippen LogP contribution < -0.4 is 11.3 Å². The molecule has 0 aliphatic heterocycles. The van der Waals surface area contributed by atoms with Crippen molar-refractivity contribution in [2.75, 3.05) is 0 Å². The molecule has 0 radical (unpaired) electrons. The van der Waals surface area contributed by atoms with Crippen LogP contribution in [0.4, 0.5) is 0 Å². The van der Waals surface area contributed by atoms with Gasteiger partial charge in [0.2, 0.25) is 0 Å². The van der Waals surface area contributed by atoms with Gasteiger partial charge in [-0.3, -0.25) is 11.3 Å². The largest absolute Gasteiger partial charge is 0.271 e. The van der Waals surface area contributed by atoms with Crippen molar-refractivity contribution < 1.29 is 0 Å². The summed E-state index contributed by atoms with van der Waals surface area (Å²) >= 11 is 0. The maximum Gasteiger partial charge on any atom is 0.102 e. The van der Waals surface area contributed by atoms with E-state index in [2.05, 4.69) is 15.6 Å². The lowest BCUT2D eigenvalue weighted by Gasteiger charge is -2.10. The van der Waals surface area contributed by atoms with Crippen LogP contribution in [0, 0.1) is 5.92 Å². The molecule has 0 amide bonds. The molecule has 17 heavy (non-hydrogen) atoms. The Bertz CT molecular complexity index is 489. The third kappa shape index (κ3) is 2.07. The maximum atomic E-state index is 5.57. The summed E-state index contributed by atoms with van der Waals surface area (Å²) in [6, 6.07) is 10.0. The monoisotopic (exact) mass is 229 g/mol. The molecular formula is C12H15N5. The zero-order valence-corrected chi connectivity index (χ0v) is 9.45. The summed E-state index contributed by atoms with van der Waals surface area (Å²) in [5.74, 6) is 6.18.